The van der Waals surface area contributed by atoms with E-state index in [4.69, 9.17) is 0 Å². The van der Waals surface area contributed by atoms with E-state index in [9.17, 15) is 0 Å². The van der Waals surface area contributed by atoms with Crippen molar-refractivity contribution in [1.82, 2.24) is 0 Å². The van der Waals surface area contributed by atoms with Crippen LogP contribution >= 0.6 is 11.3 Å². The molecule has 1 heteroatoms. The molecule has 0 bridgehead atoms. The third kappa shape index (κ3) is 2.05. The predicted molar refractivity (Wildman–Crippen MR) is 99.0 cm³/mol. The Morgan fingerprint density at radius 3 is 2.23 bits per heavy atom. The maximum Gasteiger partial charge on any atom is 0.0434 e. The van der Waals surface area contributed by atoms with Crippen molar-refractivity contribution < 1.29 is 0 Å². The molecule has 0 aliphatic heterocycles. The van der Waals surface area contributed by atoms with Crippen molar-refractivity contribution in [3.63, 3.8) is 0 Å². The van der Waals surface area contributed by atoms with Crippen molar-refractivity contribution in [2.24, 2.45) is 0 Å². The van der Waals surface area contributed by atoms with Crippen LogP contribution in [0.1, 0.15) is 16.7 Å². The molecule has 1 aromatic heterocycles. The normalized spacial score (nSPS) is 11.4. The van der Waals surface area contributed by atoms with Crippen molar-refractivity contribution in [3.05, 3.63) is 71.3 Å². The maximum absolute atomic E-state index is 2.34. The van der Waals surface area contributed by atoms with Gasteiger partial charge in [0.2, 0.25) is 0 Å². The summed E-state index contributed by atoms with van der Waals surface area (Å²) in [6, 6.07) is 20.0. The average molecular weight is 302 g/mol. The summed E-state index contributed by atoms with van der Waals surface area (Å²) in [6.07, 6.45) is 0. The quantitative estimate of drug-likeness (QED) is 0.369. The Balaban J connectivity index is 2.14. The van der Waals surface area contributed by atoms with Crippen LogP contribution in [0.5, 0.6) is 0 Å². The van der Waals surface area contributed by atoms with Crippen LogP contribution in [-0.2, 0) is 0 Å². The first-order chi connectivity index (χ1) is 10.6. The molecule has 0 aliphatic carbocycles. The molecule has 0 fully saturated rings. The molecule has 0 unspecified atom stereocenters. The monoisotopic (exact) mass is 302 g/mol. The van der Waals surface area contributed by atoms with E-state index in [0.29, 0.717) is 0 Å². The van der Waals surface area contributed by atoms with Crippen LogP contribution in [0.25, 0.3) is 31.3 Å². The minimum absolute atomic E-state index is 1.30. The molecule has 0 radical (unpaired) electrons. The van der Waals surface area contributed by atoms with Crippen molar-refractivity contribution in [2.75, 3.05) is 0 Å². The number of rotatable bonds is 1. The van der Waals surface area contributed by atoms with E-state index in [1.54, 1.807) is 0 Å². The molecule has 0 saturated heterocycles. The molecule has 4 rings (SSSR count). The summed E-state index contributed by atoms with van der Waals surface area (Å²) >= 11 is 1.91. The van der Waals surface area contributed by atoms with Gasteiger partial charge in [0.1, 0.15) is 0 Å². The number of benzene rings is 3. The van der Waals surface area contributed by atoms with Gasteiger partial charge >= 0.3 is 0 Å². The van der Waals surface area contributed by atoms with Crippen LogP contribution in [0.2, 0.25) is 0 Å². The topological polar surface area (TPSA) is 0 Å². The molecule has 4 aromatic rings. The molecule has 0 saturated carbocycles. The van der Waals surface area contributed by atoms with Crippen molar-refractivity contribution in [3.8, 4) is 11.1 Å². The zero-order valence-electron chi connectivity index (χ0n) is 13.1. The van der Waals surface area contributed by atoms with Gasteiger partial charge in [-0.3, -0.25) is 0 Å². The summed E-state index contributed by atoms with van der Waals surface area (Å²) in [6.45, 7) is 6.59. The lowest BCUT2D eigenvalue weighted by molar-refractivity contribution is 1.37. The third-order valence-corrected chi connectivity index (χ3v) is 5.62. The Morgan fingerprint density at radius 2 is 1.45 bits per heavy atom. The molecule has 1 heterocycles. The minimum atomic E-state index is 1.30. The second-order valence-electron chi connectivity index (χ2n) is 6.09. The van der Waals surface area contributed by atoms with Crippen LogP contribution in [0.3, 0.4) is 0 Å². The summed E-state index contributed by atoms with van der Waals surface area (Å²) in [4.78, 5) is 0. The lowest BCUT2D eigenvalue weighted by atomic mass is 9.99. The molecule has 0 spiro atoms. The zero-order valence-corrected chi connectivity index (χ0v) is 13.9. The summed E-state index contributed by atoms with van der Waals surface area (Å²) in [7, 11) is 0. The lowest BCUT2D eigenvalue weighted by Crippen LogP contribution is -1.81. The van der Waals surface area contributed by atoms with Gasteiger partial charge in [-0.1, -0.05) is 30.3 Å². The van der Waals surface area contributed by atoms with Gasteiger partial charge in [-0.15, -0.1) is 11.3 Å². The first-order valence-corrected chi connectivity index (χ1v) is 8.44. The van der Waals surface area contributed by atoms with Crippen LogP contribution in [0.15, 0.2) is 54.6 Å². The number of thiophene rings is 1. The Kier molecular flexibility index (Phi) is 3.05. The smallest absolute Gasteiger partial charge is 0.0434 e. The maximum atomic E-state index is 2.34. The van der Waals surface area contributed by atoms with Gasteiger partial charge in [-0.2, -0.15) is 0 Å². The second-order valence-corrected chi connectivity index (χ2v) is 7.14. The summed E-state index contributed by atoms with van der Waals surface area (Å²) in [5.74, 6) is 0. The van der Waals surface area contributed by atoms with Gasteiger partial charge in [0.25, 0.3) is 0 Å². The van der Waals surface area contributed by atoms with Crippen molar-refractivity contribution in [1.29, 1.82) is 0 Å². The molecule has 108 valence electrons. The minimum Gasteiger partial charge on any atom is -0.135 e. The second kappa shape index (κ2) is 4.96. The number of fused-ring (bicyclic) bond motifs is 3. The Labute approximate surface area is 135 Å². The SMILES string of the molecule is Cc1cc(-c2ccccc2)c2sc3cc(C)c(C)cc3c2c1. The highest BCUT2D eigenvalue weighted by atomic mass is 32.1. The van der Waals surface area contributed by atoms with Gasteiger partial charge in [0.05, 0.1) is 0 Å². The van der Waals surface area contributed by atoms with E-state index in [2.05, 4.69) is 75.4 Å². The summed E-state index contributed by atoms with van der Waals surface area (Å²) in [5.41, 5.74) is 6.72. The average Bonchev–Trinajstić information content (AvgIpc) is 2.85. The Hall–Kier alpha value is -2.12. The van der Waals surface area contributed by atoms with Gasteiger partial charge in [0, 0.05) is 20.2 Å². The van der Waals surface area contributed by atoms with E-state index in [0.717, 1.165) is 0 Å². The van der Waals surface area contributed by atoms with Crippen molar-refractivity contribution in [2.45, 2.75) is 20.8 Å². The fourth-order valence-corrected chi connectivity index (χ4v) is 4.41. The van der Waals surface area contributed by atoms with Gasteiger partial charge in [-0.05, 0) is 72.9 Å². The number of hydrogen-bond acceptors (Lipinski definition) is 1. The van der Waals surface area contributed by atoms with E-state index in [1.165, 1.54) is 48.0 Å². The molecule has 0 amide bonds. The molecule has 0 nitrogen and oxygen atoms in total. The highest BCUT2D eigenvalue weighted by Crippen LogP contribution is 2.41. The highest BCUT2D eigenvalue weighted by molar-refractivity contribution is 7.26. The highest BCUT2D eigenvalue weighted by Gasteiger charge is 2.12. The fourth-order valence-electron chi connectivity index (χ4n) is 3.11. The van der Waals surface area contributed by atoms with Gasteiger partial charge in [-0.25, -0.2) is 0 Å². The van der Waals surface area contributed by atoms with Crippen LogP contribution in [0.4, 0.5) is 0 Å². The van der Waals surface area contributed by atoms with E-state index < -0.39 is 0 Å². The molecular weight excluding hydrogens is 284 g/mol. The fraction of sp³-hybridized carbons (Fsp3) is 0.143. The van der Waals surface area contributed by atoms with Crippen LogP contribution in [-0.4, -0.2) is 0 Å². The third-order valence-electron chi connectivity index (χ3n) is 4.42. The Morgan fingerprint density at radius 1 is 0.727 bits per heavy atom. The largest absolute Gasteiger partial charge is 0.135 e. The molecule has 0 aliphatic rings. The molecule has 3 aromatic carbocycles. The van der Waals surface area contributed by atoms with E-state index in [-0.39, 0.29) is 0 Å². The van der Waals surface area contributed by atoms with Gasteiger partial charge < -0.3 is 0 Å². The summed E-state index contributed by atoms with van der Waals surface area (Å²) in [5, 5.41) is 2.78. The predicted octanol–water partition coefficient (Wildman–Crippen LogP) is 6.65. The molecular formula is C21H18S. The van der Waals surface area contributed by atoms with Crippen LogP contribution in [0, 0.1) is 20.8 Å². The van der Waals surface area contributed by atoms with Gasteiger partial charge in [0.15, 0.2) is 0 Å². The first-order valence-electron chi connectivity index (χ1n) is 7.63. The first kappa shape index (κ1) is 13.5. The molecule has 0 atom stereocenters. The zero-order chi connectivity index (χ0) is 15.3. The van der Waals surface area contributed by atoms with Crippen LogP contribution < -0.4 is 0 Å². The molecule has 0 N–H and O–H groups in total. The molecule has 22 heavy (non-hydrogen) atoms. The number of aryl methyl sites for hydroxylation is 3. The lowest BCUT2D eigenvalue weighted by Gasteiger charge is -2.05. The van der Waals surface area contributed by atoms with E-state index >= 15 is 0 Å². The summed E-state index contributed by atoms with van der Waals surface area (Å²) < 4.78 is 2.79. The standard InChI is InChI=1S/C21H18S/c1-13-9-17(16-7-5-4-6-8-16)21-19(10-13)18-11-14(2)15(3)12-20(18)22-21/h4-12H,1-3H3. The Bertz CT molecular complexity index is 991. The van der Waals surface area contributed by atoms with E-state index in [1.807, 2.05) is 11.3 Å². The number of hydrogen-bond donors (Lipinski definition) is 0. The van der Waals surface area contributed by atoms with Crippen molar-refractivity contribution >= 4 is 31.5 Å².